The summed E-state index contributed by atoms with van der Waals surface area (Å²) in [6.07, 6.45) is 2.55. The molecule has 0 aliphatic rings. The highest BCUT2D eigenvalue weighted by Gasteiger charge is 2.28. The molecule has 2 aromatic rings. The lowest BCUT2D eigenvalue weighted by Gasteiger charge is -2.26. The zero-order valence-corrected chi connectivity index (χ0v) is 11.5. The smallest absolute Gasteiger partial charge is 0.124 e. The summed E-state index contributed by atoms with van der Waals surface area (Å²) in [7, 11) is 0. The topological polar surface area (TPSA) is 26.0 Å². The standard InChI is InChI=1S/C15H18ClNO/c1-3-13(16)15(12-7-5-4-6-8-12)11(2)14-9-10-18-17-14/h4-11,13,15H,3H2,1-2H3. The van der Waals surface area contributed by atoms with E-state index in [1.54, 1.807) is 6.26 Å². The van der Waals surface area contributed by atoms with Crippen molar-refractivity contribution in [2.75, 3.05) is 0 Å². The molecule has 0 saturated carbocycles. The molecule has 2 rings (SSSR count). The molecule has 0 N–H and O–H groups in total. The fraction of sp³-hybridized carbons (Fsp3) is 0.400. The summed E-state index contributed by atoms with van der Waals surface area (Å²) in [5, 5.41) is 4.14. The maximum Gasteiger partial charge on any atom is 0.124 e. The van der Waals surface area contributed by atoms with Crippen LogP contribution in [0.1, 0.15) is 43.4 Å². The Morgan fingerprint density at radius 1 is 1.22 bits per heavy atom. The van der Waals surface area contributed by atoms with Gasteiger partial charge in [-0.05, 0) is 12.0 Å². The maximum atomic E-state index is 6.52. The van der Waals surface area contributed by atoms with Gasteiger partial charge in [-0.1, -0.05) is 49.3 Å². The Kier molecular flexibility index (Phi) is 4.43. The van der Waals surface area contributed by atoms with Crippen molar-refractivity contribution in [3.63, 3.8) is 0 Å². The van der Waals surface area contributed by atoms with Gasteiger partial charge in [0, 0.05) is 23.3 Å². The Hall–Kier alpha value is -1.28. The molecular weight excluding hydrogens is 246 g/mol. The molecule has 0 aliphatic heterocycles. The molecule has 0 radical (unpaired) electrons. The lowest BCUT2D eigenvalue weighted by atomic mass is 9.82. The first-order valence-corrected chi connectivity index (χ1v) is 6.77. The Balaban J connectivity index is 2.31. The summed E-state index contributed by atoms with van der Waals surface area (Å²) in [6.45, 7) is 4.27. The van der Waals surface area contributed by atoms with E-state index in [1.807, 2.05) is 12.1 Å². The molecule has 0 amide bonds. The van der Waals surface area contributed by atoms with E-state index in [0.29, 0.717) is 0 Å². The van der Waals surface area contributed by atoms with E-state index in [2.05, 4.69) is 43.3 Å². The van der Waals surface area contributed by atoms with Gasteiger partial charge in [0.2, 0.25) is 0 Å². The van der Waals surface area contributed by atoms with Crippen LogP contribution in [0.25, 0.3) is 0 Å². The molecule has 3 heteroatoms. The third-order valence-corrected chi connectivity index (χ3v) is 4.01. The summed E-state index contributed by atoms with van der Waals surface area (Å²) in [4.78, 5) is 0. The number of halogens is 1. The number of nitrogens with zero attached hydrogens (tertiary/aromatic N) is 1. The average Bonchev–Trinajstić information content (AvgIpc) is 2.94. The maximum absolute atomic E-state index is 6.52. The minimum atomic E-state index is 0.0964. The molecule has 1 heterocycles. The predicted octanol–water partition coefficient (Wildman–Crippen LogP) is 4.58. The number of hydrogen-bond acceptors (Lipinski definition) is 2. The predicted molar refractivity (Wildman–Crippen MR) is 74.0 cm³/mol. The van der Waals surface area contributed by atoms with Gasteiger partial charge >= 0.3 is 0 Å². The number of alkyl halides is 1. The summed E-state index contributed by atoms with van der Waals surface area (Å²) >= 11 is 6.52. The molecule has 0 aliphatic carbocycles. The zero-order chi connectivity index (χ0) is 13.0. The van der Waals surface area contributed by atoms with Crippen molar-refractivity contribution < 1.29 is 4.52 Å². The largest absolute Gasteiger partial charge is 0.365 e. The average molecular weight is 264 g/mol. The Labute approximate surface area is 113 Å². The monoisotopic (exact) mass is 263 g/mol. The molecule has 3 unspecified atom stereocenters. The summed E-state index contributed by atoms with van der Waals surface area (Å²) in [5.74, 6) is 0.497. The Bertz CT molecular complexity index is 455. The van der Waals surface area contributed by atoms with Gasteiger partial charge in [0.05, 0.1) is 5.69 Å². The van der Waals surface area contributed by atoms with Gasteiger partial charge < -0.3 is 4.52 Å². The Morgan fingerprint density at radius 2 is 1.94 bits per heavy atom. The van der Waals surface area contributed by atoms with Gasteiger partial charge in [0.25, 0.3) is 0 Å². The van der Waals surface area contributed by atoms with Gasteiger partial charge in [-0.25, -0.2) is 0 Å². The van der Waals surface area contributed by atoms with Crippen LogP contribution in [0, 0.1) is 0 Å². The van der Waals surface area contributed by atoms with E-state index in [1.165, 1.54) is 5.56 Å². The van der Waals surface area contributed by atoms with Crippen molar-refractivity contribution in [1.29, 1.82) is 0 Å². The van der Waals surface area contributed by atoms with Crippen LogP contribution in [0.5, 0.6) is 0 Å². The van der Waals surface area contributed by atoms with Crippen LogP contribution in [-0.4, -0.2) is 10.5 Å². The van der Waals surface area contributed by atoms with Gasteiger partial charge in [-0.2, -0.15) is 0 Å². The normalized spacial score (nSPS) is 16.2. The number of aromatic nitrogens is 1. The first-order chi connectivity index (χ1) is 8.74. The highest BCUT2D eigenvalue weighted by atomic mass is 35.5. The fourth-order valence-electron chi connectivity index (χ4n) is 2.38. The lowest BCUT2D eigenvalue weighted by Crippen LogP contribution is -2.19. The molecule has 2 nitrogen and oxygen atoms in total. The molecule has 0 fully saturated rings. The first kappa shape index (κ1) is 13.2. The van der Waals surface area contributed by atoms with E-state index in [9.17, 15) is 0 Å². The molecule has 0 saturated heterocycles. The molecule has 1 aromatic carbocycles. The summed E-state index contributed by atoms with van der Waals surface area (Å²) in [5.41, 5.74) is 2.22. The first-order valence-electron chi connectivity index (χ1n) is 6.33. The van der Waals surface area contributed by atoms with Crippen molar-refractivity contribution in [1.82, 2.24) is 5.16 Å². The van der Waals surface area contributed by atoms with Crippen molar-refractivity contribution >= 4 is 11.6 Å². The van der Waals surface area contributed by atoms with Crippen LogP contribution >= 0.6 is 11.6 Å². The second-order valence-corrected chi connectivity index (χ2v) is 5.13. The highest BCUT2D eigenvalue weighted by Crippen LogP contribution is 2.38. The van der Waals surface area contributed by atoms with E-state index in [4.69, 9.17) is 16.1 Å². The Morgan fingerprint density at radius 3 is 2.50 bits per heavy atom. The second kappa shape index (κ2) is 6.05. The van der Waals surface area contributed by atoms with Crippen molar-refractivity contribution in [2.45, 2.75) is 37.5 Å². The number of benzene rings is 1. The lowest BCUT2D eigenvalue weighted by molar-refractivity contribution is 0.397. The van der Waals surface area contributed by atoms with Crippen LogP contribution in [0.2, 0.25) is 0 Å². The molecule has 1 aromatic heterocycles. The van der Waals surface area contributed by atoms with Gasteiger partial charge in [0.1, 0.15) is 6.26 Å². The second-order valence-electron chi connectivity index (χ2n) is 4.57. The third kappa shape index (κ3) is 2.75. The van der Waals surface area contributed by atoms with E-state index in [-0.39, 0.29) is 17.2 Å². The van der Waals surface area contributed by atoms with Crippen molar-refractivity contribution in [2.24, 2.45) is 0 Å². The number of rotatable bonds is 5. The summed E-state index contributed by atoms with van der Waals surface area (Å²) < 4.78 is 4.94. The van der Waals surface area contributed by atoms with Gasteiger partial charge in [-0.3, -0.25) is 0 Å². The quantitative estimate of drug-likeness (QED) is 0.738. The van der Waals surface area contributed by atoms with Crippen molar-refractivity contribution in [3.8, 4) is 0 Å². The highest BCUT2D eigenvalue weighted by molar-refractivity contribution is 6.21. The van der Waals surface area contributed by atoms with E-state index < -0.39 is 0 Å². The minimum Gasteiger partial charge on any atom is -0.365 e. The molecule has 0 spiro atoms. The minimum absolute atomic E-state index is 0.0964. The molecule has 3 atom stereocenters. The molecule has 96 valence electrons. The van der Waals surface area contributed by atoms with Gasteiger partial charge in [0.15, 0.2) is 0 Å². The summed E-state index contributed by atoms with van der Waals surface area (Å²) in [6, 6.07) is 12.3. The van der Waals surface area contributed by atoms with Crippen LogP contribution in [0.3, 0.4) is 0 Å². The van der Waals surface area contributed by atoms with Crippen LogP contribution in [0.4, 0.5) is 0 Å². The third-order valence-electron chi connectivity index (χ3n) is 3.43. The SMILES string of the molecule is CCC(Cl)C(c1ccccc1)C(C)c1ccon1. The molecular formula is C15H18ClNO. The van der Waals surface area contributed by atoms with Crippen LogP contribution in [0.15, 0.2) is 47.2 Å². The van der Waals surface area contributed by atoms with Crippen LogP contribution in [-0.2, 0) is 0 Å². The molecule has 18 heavy (non-hydrogen) atoms. The zero-order valence-electron chi connectivity index (χ0n) is 10.7. The van der Waals surface area contributed by atoms with Crippen LogP contribution < -0.4 is 0 Å². The van der Waals surface area contributed by atoms with Crippen molar-refractivity contribution in [3.05, 3.63) is 53.9 Å². The fourth-order valence-corrected chi connectivity index (χ4v) is 2.74. The number of hydrogen-bond donors (Lipinski definition) is 0. The van der Waals surface area contributed by atoms with E-state index in [0.717, 1.165) is 12.1 Å². The van der Waals surface area contributed by atoms with Gasteiger partial charge in [-0.15, -0.1) is 11.6 Å². The molecule has 0 bridgehead atoms. The van der Waals surface area contributed by atoms with E-state index >= 15 is 0 Å².